The highest BCUT2D eigenvalue weighted by atomic mass is 16.5. The van der Waals surface area contributed by atoms with Gasteiger partial charge < -0.3 is 9.47 Å². The van der Waals surface area contributed by atoms with Crippen LogP contribution in [-0.4, -0.2) is 13.2 Å². The van der Waals surface area contributed by atoms with Crippen molar-refractivity contribution in [3.8, 4) is 22.6 Å². The van der Waals surface area contributed by atoms with E-state index in [2.05, 4.69) is 126 Å². The van der Waals surface area contributed by atoms with Crippen LogP contribution in [0.15, 0.2) is 84.9 Å². The van der Waals surface area contributed by atoms with Crippen molar-refractivity contribution in [3.05, 3.63) is 118 Å². The minimum absolute atomic E-state index is 0.440. The second-order valence-electron chi connectivity index (χ2n) is 12.8. The van der Waals surface area contributed by atoms with Crippen LogP contribution in [0.1, 0.15) is 125 Å². The fourth-order valence-corrected chi connectivity index (χ4v) is 6.55. The second-order valence-corrected chi connectivity index (χ2v) is 12.8. The molecule has 0 amide bonds. The molecule has 0 aliphatic heterocycles. The summed E-state index contributed by atoms with van der Waals surface area (Å²) in [5.74, 6) is 2.76. The first-order chi connectivity index (χ1) is 20.9. The maximum absolute atomic E-state index is 6.16. The number of hydrogen-bond acceptors (Lipinski definition) is 2. The summed E-state index contributed by atoms with van der Waals surface area (Å²) in [6.07, 6.45) is 6.97. The van der Waals surface area contributed by atoms with Crippen LogP contribution in [0.5, 0.6) is 11.5 Å². The summed E-state index contributed by atoms with van der Waals surface area (Å²) in [7, 11) is 0. The molecule has 0 unspecified atom stereocenters. The summed E-state index contributed by atoms with van der Waals surface area (Å²) in [5, 5.41) is 0. The summed E-state index contributed by atoms with van der Waals surface area (Å²) < 4.78 is 12.3. The van der Waals surface area contributed by atoms with Gasteiger partial charge in [0.2, 0.25) is 0 Å². The number of rotatable bonds is 14. The fraction of sp³-hybridized carbons (Fsp3) is 0.415. The van der Waals surface area contributed by atoms with Crippen LogP contribution >= 0.6 is 0 Å². The number of benzene rings is 4. The minimum atomic E-state index is -0.443. The Morgan fingerprint density at radius 2 is 0.907 bits per heavy atom. The van der Waals surface area contributed by atoms with E-state index in [1.165, 1.54) is 70.2 Å². The zero-order valence-electron chi connectivity index (χ0n) is 27.2. The third-order valence-corrected chi connectivity index (χ3v) is 9.13. The number of ether oxygens (including phenoxy) is 2. The molecule has 0 spiro atoms. The first-order valence-corrected chi connectivity index (χ1v) is 16.7. The molecular weight excluding hydrogens is 524 g/mol. The van der Waals surface area contributed by atoms with E-state index in [1.54, 1.807) is 0 Å². The Bertz CT molecular complexity index is 1360. The molecule has 0 aromatic heterocycles. The van der Waals surface area contributed by atoms with Crippen molar-refractivity contribution in [2.45, 2.75) is 97.3 Å². The van der Waals surface area contributed by atoms with Gasteiger partial charge in [0.15, 0.2) is 0 Å². The molecule has 0 radical (unpaired) electrons. The molecule has 1 aliphatic rings. The van der Waals surface area contributed by atoms with Crippen molar-refractivity contribution in [1.29, 1.82) is 0 Å². The van der Waals surface area contributed by atoms with Gasteiger partial charge >= 0.3 is 0 Å². The average molecular weight is 575 g/mol. The maximum atomic E-state index is 6.16. The van der Waals surface area contributed by atoms with Gasteiger partial charge in [-0.25, -0.2) is 0 Å². The van der Waals surface area contributed by atoms with Gasteiger partial charge in [-0.15, -0.1) is 0 Å². The lowest BCUT2D eigenvalue weighted by atomic mass is 9.67. The molecule has 1 aliphatic carbocycles. The van der Waals surface area contributed by atoms with Gasteiger partial charge in [0.25, 0.3) is 0 Å². The number of hydrogen-bond donors (Lipinski definition) is 0. The number of fused-ring (bicyclic) bond motifs is 3. The SMILES string of the molecule is CCCCCOc1ccc(C2(c3ccc(OCCCCC)cc3)c3cc(C(C)C)ccc3-c3ccc(C(C)C)cc32)cc1. The standard InChI is InChI=1S/C41H50O2/c1-7-9-11-25-42-35-19-15-33(16-20-35)41(34-17-21-36(22-18-34)43-26-12-10-8-2)39-27-31(29(3)4)13-23-37(39)38-24-14-32(30(5)6)28-40(38)41/h13-24,27-30H,7-12,25-26H2,1-6H3. The van der Waals surface area contributed by atoms with Gasteiger partial charge in [-0.3, -0.25) is 0 Å². The van der Waals surface area contributed by atoms with Crippen molar-refractivity contribution in [2.24, 2.45) is 0 Å². The molecule has 5 rings (SSSR count). The van der Waals surface area contributed by atoms with Crippen LogP contribution in [-0.2, 0) is 5.41 Å². The third kappa shape index (κ3) is 6.26. The van der Waals surface area contributed by atoms with E-state index in [0.717, 1.165) is 37.6 Å². The zero-order valence-corrected chi connectivity index (χ0v) is 27.2. The van der Waals surface area contributed by atoms with Crippen LogP contribution in [0.3, 0.4) is 0 Å². The molecule has 226 valence electrons. The van der Waals surface area contributed by atoms with E-state index < -0.39 is 5.41 Å². The molecule has 2 heteroatoms. The predicted molar refractivity (Wildman–Crippen MR) is 182 cm³/mol. The highest BCUT2D eigenvalue weighted by Crippen LogP contribution is 2.57. The van der Waals surface area contributed by atoms with Gasteiger partial charge in [0.05, 0.1) is 18.6 Å². The highest BCUT2D eigenvalue weighted by molar-refractivity contribution is 5.87. The first kappa shape index (κ1) is 30.9. The molecule has 4 aromatic carbocycles. The maximum Gasteiger partial charge on any atom is 0.119 e. The summed E-state index contributed by atoms with van der Waals surface area (Å²) in [6.45, 7) is 15.1. The topological polar surface area (TPSA) is 18.5 Å². The largest absolute Gasteiger partial charge is 0.494 e. The van der Waals surface area contributed by atoms with Crippen LogP contribution in [0.4, 0.5) is 0 Å². The lowest BCUT2D eigenvalue weighted by Crippen LogP contribution is -2.29. The molecule has 0 saturated carbocycles. The van der Waals surface area contributed by atoms with E-state index in [-0.39, 0.29) is 0 Å². The van der Waals surface area contributed by atoms with Gasteiger partial charge in [0, 0.05) is 0 Å². The molecule has 2 nitrogen and oxygen atoms in total. The van der Waals surface area contributed by atoms with Gasteiger partial charge in [-0.05, 0) is 93.5 Å². The van der Waals surface area contributed by atoms with E-state index in [9.17, 15) is 0 Å². The van der Waals surface area contributed by atoms with E-state index in [0.29, 0.717) is 11.8 Å². The van der Waals surface area contributed by atoms with Crippen LogP contribution in [0.25, 0.3) is 11.1 Å². The summed E-state index contributed by atoms with van der Waals surface area (Å²) >= 11 is 0. The quantitative estimate of drug-likeness (QED) is 0.123. The molecule has 4 aromatic rings. The van der Waals surface area contributed by atoms with Crippen molar-refractivity contribution in [3.63, 3.8) is 0 Å². The van der Waals surface area contributed by atoms with Gasteiger partial charge in [-0.1, -0.05) is 128 Å². The second kappa shape index (κ2) is 13.8. The van der Waals surface area contributed by atoms with Crippen LogP contribution < -0.4 is 9.47 Å². The van der Waals surface area contributed by atoms with Crippen molar-refractivity contribution in [1.82, 2.24) is 0 Å². The summed E-state index contributed by atoms with van der Waals surface area (Å²) in [5.41, 5.74) is 10.2. The highest BCUT2D eigenvalue weighted by Gasteiger charge is 2.46. The summed E-state index contributed by atoms with van der Waals surface area (Å²) in [6, 6.07) is 32.2. The Kier molecular flexibility index (Phi) is 9.96. The fourth-order valence-electron chi connectivity index (χ4n) is 6.55. The van der Waals surface area contributed by atoms with Crippen LogP contribution in [0, 0.1) is 0 Å². The Hall–Kier alpha value is -3.52. The lowest BCUT2D eigenvalue weighted by Gasteiger charge is -2.35. The van der Waals surface area contributed by atoms with Gasteiger partial charge in [0.1, 0.15) is 11.5 Å². The summed E-state index contributed by atoms with van der Waals surface area (Å²) in [4.78, 5) is 0. The molecule has 0 fully saturated rings. The molecular formula is C41H50O2. The average Bonchev–Trinajstić information content (AvgIpc) is 3.32. The van der Waals surface area contributed by atoms with Crippen molar-refractivity contribution in [2.75, 3.05) is 13.2 Å². The van der Waals surface area contributed by atoms with E-state index in [1.807, 2.05) is 0 Å². The van der Waals surface area contributed by atoms with Gasteiger partial charge in [-0.2, -0.15) is 0 Å². The molecule has 0 heterocycles. The molecule has 43 heavy (non-hydrogen) atoms. The number of unbranched alkanes of at least 4 members (excludes halogenated alkanes) is 4. The Morgan fingerprint density at radius 1 is 0.512 bits per heavy atom. The molecule has 0 atom stereocenters. The Labute approximate surface area is 260 Å². The minimum Gasteiger partial charge on any atom is -0.494 e. The van der Waals surface area contributed by atoms with Crippen molar-refractivity contribution < 1.29 is 9.47 Å². The molecule has 0 N–H and O–H groups in total. The first-order valence-electron chi connectivity index (χ1n) is 16.7. The lowest BCUT2D eigenvalue weighted by molar-refractivity contribution is 0.306. The zero-order chi connectivity index (χ0) is 30.4. The molecule has 0 bridgehead atoms. The third-order valence-electron chi connectivity index (χ3n) is 9.13. The molecule has 0 saturated heterocycles. The van der Waals surface area contributed by atoms with E-state index in [4.69, 9.17) is 9.47 Å². The van der Waals surface area contributed by atoms with Crippen LogP contribution in [0.2, 0.25) is 0 Å². The predicted octanol–water partition coefficient (Wildman–Crippen LogP) is 11.4. The smallest absolute Gasteiger partial charge is 0.119 e. The van der Waals surface area contributed by atoms with E-state index >= 15 is 0 Å². The van der Waals surface area contributed by atoms with Crippen molar-refractivity contribution >= 4 is 0 Å². The Balaban J connectivity index is 1.69. The normalized spacial score (nSPS) is 13.3. The Morgan fingerprint density at radius 3 is 1.26 bits per heavy atom. The monoisotopic (exact) mass is 574 g/mol.